The van der Waals surface area contributed by atoms with Crippen LogP contribution in [0.5, 0.6) is 0 Å². The fraction of sp³-hybridized carbons (Fsp3) is 0.120. The Morgan fingerprint density at radius 2 is 1.40 bits per heavy atom. The number of halogens is 5. The molecule has 3 aromatic rings. The lowest BCUT2D eigenvalue weighted by atomic mass is 10.1. The number of carbonyl (C=O) groups is 2. The molecule has 0 radical (unpaired) electrons. The molecular formula is C25H19F5N2O3. The monoisotopic (exact) mass is 490 g/mol. The van der Waals surface area contributed by atoms with E-state index in [-0.39, 0.29) is 23.6 Å². The predicted octanol–water partition coefficient (Wildman–Crippen LogP) is 4.96. The van der Waals surface area contributed by atoms with Gasteiger partial charge in [0.25, 0.3) is 5.91 Å². The van der Waals surface area contributed by atoms with Crippen LogP contribution >= 0.6 is 0 Å². The quantitative estimate of drug-likeness (QED) is 0.154. The average molecular weight is 490 g/mol. The molecule has 0 heterocycles. The van der Waals surface area contributed by atoms with E-state index in [0.717, 1.165) is 11.3 Å². The van der Waals surface area contributed by atoms with Crippen LogP contribution in [0.1, 0.15) is 26.3 Å². The van der Waals surface area contributed by atoms with Crippen molar-refractivity contribution in [2.45, 2.75) is 0 Å². The molecule has 182 valence electrons. The summed E-state index contributed by atoms with van der Waals surface area (Å²) in [4.78, 5) is 26.4. The summed E-state index contributed by atoms with van der Waals surface area (Å²) >= 11 is 0. The van der Waals surface area contributed by atoms with Gasteiger partial charge in [0.2, 0.25) is 5.82 Å². The number of rotatable bonds is 8. The summed E-state index contributed by atoms with van der Waals surface area (Å²) in [5.41, 5.74) is 0.243. The summed E-state index contributed by atoms with van der Waals surface area (Å²) < 4.78 is 67.4. The van der Waals surface area contributed by atoms with Crippen molar-refractivity contribution in [1.82, 2.24) is 0 Å². The fourth-order valence-corrected chi connectivity index (χ4v) is 3.10. The van der Waals surface area contributed by atoms with E-state index >= 15 is 0 Å². The van der Waals surface area contributed by atoms with E-state index in [0.29, 0.717) is 6.54 Å². The normalized spacial score (nSPS) is 11.1. The maximum Gasteiger partial charge on any atom is 0.261 e. The van der Waals surface area contributed by atoms with Gasteiger partial charge in [-0.3, -0.25) is 9.59 Å². The molecule has 3 aromatic carbocycles. The zero-order valence-electron chi connectivity index (χ0n) is 18.3. The van der Waals surface area contributed by atoms with Crippen LogP contribution in [0, 0.1) is 29.1 Å². The molecule has 0 atom stereocenters. The number of benzene rings is 3. The van der Waals surface area contributed by atoms with Crippen LogP contribution in [-0.4, -0.2) is 37.0 Å². The molecule has 10 heteroatoms. The van der Waals surface area contributed by atoms with Crippen molar-refractivity contribution in [2.24, 2.45) is 0 Å². The van der Waals surface area contributed by atoms with Gasteiger partial charge in [0.05, 0.1) is 6.61 Å². The number of allylic oxidation sites excluding steroid dienone is 1. The van der Waals surface area contributed by atoms with Crippen LogP contribution in [0.25, 0.3) is 6.08 Å². The Morgan fingerprint density at radius 1 is 0.857 bits per heavy atom. The number of aliphatic hydroxyl groups excluding tert-OH is 1. The van der Waals surface area contributed by atoms with Gasteiger partial charge >= 0.3 is 0 Å². The molecule has 1 amide bonds. The summed E-state index contributed by atoms with van der Waals surface area (Å²) in [6, 6.07) is 12.4. The minimum absolute atomic E-state index is 0.0201. The Labute approximate surface area is 197 Å². The fourth-order valence-electron chi connectivity index (χ4n) is 3.10. The second-order valence-corrected chi connectivity index (χ2v) is 7.41. The lowest BCUT2D eigenvalue weighted by Gasteiger charge is -2.17. The molecule has 0 saturated carbocycles. The first kappa shape index (κ1) is 25.6. The van der Waals surface area contributed by atoms with Crippen LogP contribution in [0.2, 0.25) is 0 Å². The van der Waals surface area contributed by atoms with Gasteiger partial charge < -0.3 is 15.3 Å². The number of hydrogen-bond donors (Lipinski definition) is 2. The van der Waals surface area contributed by atoms with Crippen molar-refractivity contribution in [3.8, 4) is 0 Å². The molecule has 0 aliphatic heterocycles. The van der Waals surface area contributed by atoms with Crippen molar-refractivity contribution in [2.75, 3.05) is 30.4 Å². The van der Waals surface area contributed by atoms with Crippen LogP contribution in [0.3, 0.4) is 0 Å². The number of amides is 1. The highest BCUT2D eigenvalue weighted by Gasteiger charge is 2.29. The zero-order valence-corrected chi connectivity index (χ0v) is 18.3. The molecular weight excluding hydrogens is 471 g/mol. The highest BCUT2D eigenvalue weighted by molar-refractivity contribution is 6.08. The maximum absolute atomic E-state index is 13.8. The topological polar surface area (TPSA) is 69.6 Å². The van der Waals surface area contributed by atoms with Gasteiger partial charge in [-0.15, -0.1) is 0 Å². The first-order valence-electron chi connectivity index (χ1n) is 10.2. The van der Waals surface area contributed by atoms with Gasteiger partial charge in [-0.05, 0) is 48.0 Å². The minimum atomic E-state index is -2.36. The Balaban J connectivity index is 1.68. The van der Waals surface area contributed by atoms with Gasteiger partial charge in [-0.2, -0.15) is 0 Å². The van der Waals surface area contributed by atoms with Crippen molar-refractivity contribution in [3.05, 3.63) is 100 Å². The lowest BCUT2D eigenvalue weighted by molar-refractivity contribution is 0.101. The number of likely N-dealkylation sites (N-methyl/N-ethyl adjacent to an activating group) is 1. The summed E-state index contributed by atoms with van der Waals surface area (Å²) in [5.74, 6) is -13.2. The standard InChI is InChI=1S/C25H19F5N2O3/c1-32(12-13-33)17-9-2-14(3-10-17)4-11-18(34)15-5-7-16(8-6-15)31-25(35)19-20(26)22(28)24(30)23(29)21(19)27/h2-11,33H,12-13H2,1H3,(H,31,35)/b11-4+. The van der Waals surface area contributed by atoms with E-state index in [1.807, 2.05) is 29.4 Å². The zero-order chi connectivity index (χ0) is 25.7. The highest BCUT2D eigenvalue weighted by Crippen LogP contribution is 2.24. The van der Waals surface area contributed by atoms with E-state index in [1.54, 1.807) is 18.2 Å². The molecule has 2 N–H and O–H groups in total. The van der Waals surface area contributed by atoms with Crippen LogP contribution < -0.4 is 10.2 Å². The third-order valence-electron chi connectivity index (χ3n) is 5.06. The second-order valence-electron chi connectivity index (χ2n) is 7.41. The largest absolute Gasteiger partial charge is 0.395 e. The molecule has 0 spiro atoms. The first-order valence-corrected chi connectivity index (χ1v) is 10.2. The van der Waals surface area contributed by atoms with Gasteiger partial charge in [0, 0.05) is 30.5 Å². The second kappa shape index (κ2) is 10.9. The Kier molecular flexibility index (Phi) is 7.98. The summed E-state index contributed by atoms with van der Waals surface area (Å²) in [7, 11) is 1.83. The molecule has 0 fully saturated rings. The molecule has 35 heavy (non-hydrogen) atoms. The maximum atomic E-state index is 13.8. The summed E-state index contributed by atoms with van der Waals surface area (Å²) in [5, 5.41) is 11.0. The van der Waals surface area contributed by atoms with Gasteiger partial charge in [-0.1, -0.05) is 18.2 Å². The number of anilines is 2. The summed E-state index contributed by atoms with van der Waals surface area (Å²) in [6.45, 7) is 0.498. The van der Waals surface area contributed by atoms with Gasteiger partial charge in [-0.25, -0.2) is 22.0 Å². The van der Waals surface area contributed by atoms with Crippen molar-refractivity contribution in [1.29, 1.82) is 0 Å². The number of nitrogens with zero attached hydrogens (tertiary/aromatic N) is 1. The summed E-state index contributed by atoms with van der Waals surface area (Å²) in [6.07, 6.45) is 2.92. The number of carbonyl (C=O) groups excluding carboxylic acids is 2. The highest BCUT2D eigenvalue weighted by atomic mass is 19.2. The predicted molar refractivity (Wildman–Crippen MR) is 121 cm³/mol. The lowest BCUT2D eigenvalue weighted by Crippen LogP contribution is -2.20. The number of ketones is 1. The molecule has 3 rings (SSSR count). The smallest absolute Gasteiger partial charge is 0.261 e. The molecule has 5 nitrogen and oxygen atoms in total. The van der Waals surface area contributed by atoms with Crippen LogP contribution in [0.4, 0.5) is 33.3 Å². The van der Waals surface area contributed by atoms with Gasteiger partial charge in [0.15, 0.2) is 29.1 Å². The molecule has 0 aliphatic carbocycles. The molecule has 0 bridgehead atoms. The molecule has 0 aliphatic rings. The first-order chi connectivity index (χ1) is 16.6. The van der Waals surface area contributed by atoms with E-state index in [4.69, 9.17) is 5.11 Å². The molecule has 0 aromatic heterocycles. The van der Waals surface area contributed by atoms with Crippen molar-refractivity contribution < 1.29 is 36.6 Å². The van der Waals surface area contributed by atoms with Gasteiger partial charge in [0.1, 0.15) is 5.56 Å². The van der Waals surface area contributed by atoms with E-state index < -0.39 is 40.6 Å². The minimum Gasteiger partial charge on any atom is -0.395 e. The number of nitrogens with one attached hydrogen (secondary N) is 1. The van der Waals surface area contributed by atoms with Crippen molar-refractivity contribution in [3.63, 3.8) is 0 Å². The van der Waals surface area contributed by atoms with Crippen LogP contribution in [-0.2, 0) is 0 Å². The average Bonchev–Trinajstić information content (AvgIpc) is 2.86. The number of aliphatic hydroxyl groups is 1. The number of hydrogen-bond acceptors (Lipinski definition) is 4. The van der Waals surface area contributed by atoms with E-state index in [2.05, 4.69) is 0 Å². The Hall–Kier alpha value is -4.05. The SMILES string of the molecule is CN(CCO)c1ccc(/C=C/C(=O)c2ccc(NC(=O)c3c(F)c(F)c(F)c(F)c3F)cc2)cc1. The van der Waals surface area contributed by atoms with Crippen LogP contribution in [0.15, 0.2) is 54.6 Å². The third-order valence-corrected chi connectivity index (χ3v) is 5.06. The Bertz CT molecular complexity index is 1250. The third kappa shape index (κ3) is 5.72. The molecule has 0 unspecified atom stereocenters. The van der Waals surface area contributed by atoms with Crippen molar-refractivity contribution >= 4 is 29.1 Å². The van der Waals surface area contributed by atoms with E-state index in [1.165, 1.54) is 30.3 Å². The molecule has 0 saturated heterocycles. The Morgan fingerprint density at radius 3 is 1.94 bits per heavy atom. The van der Waals surface area contributed by atoms with E-state index in [9.17, 15) is 31.5 Å².